The van der Waals surface area contributed by atoms with Gasteiger partial charge in [-0.2, -0.15) is 0 Å². The molecule has 1 aliphatic heterocycles. The summed E-state index contributed by atoms with van der Waals surface area (Å²) in [5.41, 5.74) is 1.26. The molecule has 0 saturated carbocycles. The van der Waals surface area contributed by atoms with Crippen molar-refractivity contribution < 1.29 is 4.39 Å². The molecule has 1 heterocycles. The second kappa shape index (κ2) is 6.69. The predicted molar refractivity (Wildman–Crippen MR) is 78.6 cm³/mol. The lowest BCUT2D eigenvalue weighted by Crippen LogP contribution is -2.50. The second-order valence-electron chi connectivity index (χ2n) is 5.51. The molecule has 2 atom stereocenters. The van der Waals surface area contributed by atoms with E-state index in [1.165, 1.54) is 5.56 Å². The lowest BCUT2D eigenvalue weighted by molar-refractivity contribution is 0.0588. The molecule has 1 aromatic carbocycles. The van der Waals surface area contributed by atoms with Crippen LogP contribution in [-0.4, -0.2) is 55.7 Å². The van der Waals surface area contributed by atoms with Gasteiger partial charge in [-0.1, -0.05) is 23.7 Å². The maximum Gasteiger partial charge on any atom is 0.128 e. The Morgan fingerprint density at radius 1 is 1.32 bits per heavy atom. The molecule has 0 N–H and O–H groups in total. The maximum absolute atomic E-state index is 14.0. The molecule has 19 heavy (non-hydrogen) atoms. The van der Waals surface area contributed by atoms with E-state index in [9.17, 15) is 4.39 Å². The van der Waals surface area contributed by atoms with E-state index in [1.54, 1.807) is 0 Å². The van der Waals surface area contributed by atoms with Gasteiger partial charge < -0.3 is 4.90 Å². The fourth-order valence-corrected chi connectivity index (χ4v) is 2.80. The van der Waals surface area contributed by atoms with Gasteiger partial charge >= 0.3 is 0 Å². The van der Waals surface area contributed by atoms with E-state index < -0.39 is 6.17 Å². The molecule has 4 heteroatoms. The van der Waals surface area contributed by atoms with Crippen LogP contribution in [0.2, 0.25) is 5.02 Å². The molecular formula is C15H22ClFN2. The zero-order chi connectivity index (χ0) is 13.8. The fourth-order valence-electron chi connectivity index (χ4n) is 2.68. The van der Waals surface area contributed by atoms with Crippen molar-refractivity contribution in [3.05, 3.63) is 34.9 Å². The number of likely N-dealkylation sites (tertiary alicyclic amines) is 1. The predicted octanol–water partition coefficient (Wildman–Crippen LogP) is 2.86. The molecule has 1 saturated heterocycles. The average molecular weight is 285 g/mol. The van der Waals surface area contributed by atoms with Crippen LogP contribution in [-0.2, 0) is 6.42 Å². The smallest absolute Gasteiger partial charge is 0.128 e. The minimum absolute atomic E-state index is 0.0757. The summed E-state index contributed by atoms with van der Waals surface area (Å²) >= 11 is 5.86. The van der Waals surface area contributed by atoms with Gasteiger partial charge in [-0.3, -0.25) is 4.90 Å². The highest BCUT2D eigenvalue weighted by molar-refractivity contribution is 6.30. The lowest BCUT2D eigenvalue weighted by Gasteiger charge is -2.37. The van der Waals surface area contributed by atoms with Gasteiger partial charge in [-0.05, 0) is 51.2 Å². The molecule has 2 unspecified atom stereocenters. The minimum Gasteiger partial charge on any atom is -0.303 e. The van der Waals surface area contributed by atoms with E-state index in [-0.39, 0.29) is 6.04 Å². The van der Waals surface area contributed by atoms with Gasteiger partial charge in [0.05, 0.1) is 0 Å². The standard InChI is InChI=1S/C15H22ClFN2/c1-18(2)15-8-10-19(11-14(15)17)9-7-12-3-5-13(16)6-4-12/h3-6,14-15H,7-11H2,1-2H3. The Balaban J connectivity index is 1.80. The Labute approximate surface area is 120 Å². The van der Waals surface area contributed by atoms with Crippen molar-refractivity contribution in [2.75, 3.05) is 33.7 Å². The summed E-state index contributed by atoms with van der Waals surface area (Å²) in [4.78, 5) is 4.22. The Morgan fingerprint density at radius 3 is 2.58 bits per heavy atom. The normalized spacial score (nSPS) is 24.9. The number of piperidine rings is 1. The van der Waals surface area contributed by atoms with Crippen molar-refractivity contribution >= 4 is 11.6 Å². The summed E-state index contributed by atoms with van der Waals surface area (Å²) < 4.78 is 14.0. The van der Waals surface area contributed by atoms with E-state index in [2.05, 4.69) is 4.90 Å². The highest BCUT2D eigenvalue weighted by Gasteiger charge is 2.30. The Morgan fingerprint density at radius 2 is 2.00 bits per heavy atom. The van der Waals surface area contributed by atoms with Crippen LogP contribution >= 0.6 is 11.6 Å². The molecule has 0 spiro atoms. The van der Waals surface area contributed by atoms with Gasteiger partial charge in [-0.15, -0.1) is 0 Å². The fraction of sp³-hybridized carbons (Fsp3) is 0.600. The zero-order valence-corrected chi connectivity index (χ0v) is 12.4. The van der Waals surface area contributed by atoms with E-state index in [4.69, 9.17) is 11.6 Å². The molecule has 0 aromatic heterocycles. The van der Waals surface area contributed by atoms with Crippen molar-refractivity contribution in [3.63, 3.8) is 0 Å². The van der Waals surface area contributed by atoms with Crippen LogP contribution in [0.1, 0.15) is 12.0 Å². The second-order valence-corrected chi connectivity index (χ2v) is 5.95. The summed E-state index contributed by atoms with van der Waals surface area (Å²) in [6, 6.07) is 7.98. The van der Waals surface area contributed by atoms with Crippen molar-refractivity contribution in [2.24, 2.45) is 0 Å². The first-order valence-corrected chi connectivity index (χ1v) is 7.21. The minimum atomic E-state index is -0.742. The van der Waals surface area contributed by atoms with Crippen molar-refractivity contribution in [1.82, 2.24) is 9.80 Å². The maximum atomic E-state index is 14.0. The number of hydrogen-bond acceptors (Lipinski definition) is 2. The molecule has 1 aliphatic rings. The van der Waals surface area contributed by atoms with Crippen molar-refractivity contribution in [2.45, 2.75) is 25.1 Å². The monoisotopic (exact) mass is 284 g/mol. The molecule has 0 bridgehead atoms. The number of benzene rings is 1. The molecule has 0 radical (unpaired) electrons. The molecule has 0 amide bonds. The summed E-state index contributed by atoms with van der Waals surface area (Å²) in [6.45, 7) is 2.45. The molecule has 2 nitrogen and oxygen atoms in total. The third-order valence-electron chi connectivity index (χ3n) is 3.88. The van der Waals surface area contributed by atoms with E-state index >= 15 is 0 Å². The third kappa shape index (κ3) is 4.16. The number of rotatable bonds is 4. The molecule has 2 rings (SSSR count). The first-order valence-electron chi connectivity index (χ1n) is 6.83. The molecule has 1 fully saturated rings. The molecule has 0 aliphatic carbocycles. The van der Waals surface area contributed by atoms with Crippen LogP contribution in [0.25, 0.3) is 0 Å². The van der Waals surface area contributed by atoms with Gasteiger partial charge in [0.15, 0.2) is 0 Å². The summed E-state index contributed by atoms with van der Waals surface area (Å²) in [7, 11) is 3.92. The largest absolute Gasteiger partial charge is 0.303 e. The molecular weight excluding hydrogens is 263 g/mol. The van der Waals surface area contributed by atoms with Gasteiger partial charge in [-0.25, -0.2) is 4.39 Å². The summed E-state index contributed by atoms with van der Waals surface area (Å²) in [5.74, 6) is 0. The van der Waals surface area contributed by atoms with Crippen LogP contribution in [0.4, 0.5) is 4.39 Å². The van der Waals surface area contributed by atoms with E-state index in [0.717, 1.165) is 31.0 Å². The highest BCUT2D eigenvalue weighted by Crippen LogP contribution is 2.18. The Hall–Kier alpha value is -0.640. The van der Waals surface area contributed by atoms with Gasteiger partial charge in [0, 0.05) is 24.2 Å². The zero-order valence-electron chi connectivity index (χ0n) is 11.6. The lowest BCUT2D eigenvalue weighted by atomic mass is 10.0. The van der Waals surface area contributed by atoms with E-state index in [1.807, 2.05) is 43.3 Å². The van der Waals surface area contributed by atoms with Crippen LogP contribution in [0.15, 0.2) is 24.3 Å². The van der Waals surface area contributed by atoms with Crippen molar-refractivity contribution in [3.8, 4) is 0 Å². The van der Waals surface area contributed by atoms with Crippen LogP contribution in [0, 0.1) is 0 Å². The Kier molecular flexibility index (Phi) is 5.20. The van der Waals surface area contributed by atoms with Gasteiger partial charge in [0.2, 0.25) is 0 Å². The van der Waals surface area contributed by atoms with Gasteiger partial charge in [0.1, 0.15) is 6.17 Å². The number of nitrogens with zero attached hydrogens (tertiary/aromatic N) is 2. The average Bonchev–Trinajstić information content (AvgIpc) is 2.37. The molecule has 106 valence electrons. The van der Waals surface area contributed by atoms with E-state index in [0.29, 0.717) is 6.54 Å². The highest BCUT2D eigenvalue weighted by atomic mass is 35.5. The van der Waals surface area contributed by atoms with Gasteiger partial charge in [0.25, 0.3) is 0 Å². The third-order valence-corrected chi connectivity index (χ3v) is 4.14. The van der Waals surface area contributed by atoms with Crippen LogP contribution in [0.5, 0.6) is 0 Å². The number of alkyl halides is 1. The molecule has 1 aromatic rings. The first kappa shape index (κ1) is 14.8. The summed E-state index contributed by atoms with van der Waals surface area (Å²) in [6.07, 6.45) is 1.12. The van der Waals surface area contributed by atoms with Crippen LogP contribution < -0.4 is 0 Å². The number of halogens is 2. The summed E-state index contributed by atoms with van der Waals surface area (Å²) in [5, 5.41) is 0.763. The van der Waals surface area contributed by atoms with Crippen LogP contribution in [0.3, 0.4) is 0 Å². The SMILES string of the molecule is CN(C)C1CCN(CCc2ccc(Cl)cc2)CC1F. The number of hydrogen-bond donors (Lipinski definition) is 0. The van der Waals surface area contributed by atoms with Crippen molar-refractivity contribution in [1.29, 1.82) is 0 Å². The topological polar surface area (TPSA) is 6.48 Å². The quantitative estimate of drug-likeness (QED) is 0.839. The first-order chi connectivity index (χ1) is 9.06. The Bertz CT molecular complexity index is 394.